The van der Waals surface area contributed by atoms with Gasteiger partial charge < -0.3 is 4.74 Å². The smallest absolute Gasteiger partial charge is 0.320 e. The summed E-state index contributed by atoms with van der Waals surface area (Å²) in [5.41, 5.74) is 2.24. The highest BCUT2D eigenvalue weighted by Crippen LogP contribution is 2.31. The number of rotatable bonds is 8. The summed E-state index contributed by atoms with van der Waals surface area (Å²) in [6, 6.07) is 0.506. The van der Waals surface area contributed by atoms with Crippen LogP contribution in [0, 0.1) is 0 Å². The predicted octanol–water partition coefficient (Wildman–Crippen LogP) is 2.76. The maximum atomic E-state index is 11.8. The minimum atomic E-state index is -0.140. The Bertz CT molecular complexity index is 497. The SMILES string of the molecule is CCOC(=O)CN(Cc1c(Br)c(CC)nn1CC)C1CC1. The number of esters is 1. The Balaban J connectivity index is 2.13. The zero-order chi connectivity index (χ0) is 15.4. The third kappa shape index (κ3) is 4.07. The first kappa shape index (κ1) is 16.5. The molecule has 1 heterocycles. The maximum Gasteiger partial charge on any atom is 0.320 e. The third-order valence-corrected chi connectivity index (χ3v) is 4.66. The zero-order valence-electron chi connectivity index (χ0n) is 13.1. The van der Waals surface area contributed by atoms with E-state index in [1.54, 1.807) is 0 Å². The fourth-order valence-corrected chi connectivity index (χ4v) is 3.18. The van der Waals surface area contributed by atoms with Crippen LogP contribution in [0.3, 0.4) is 0 Å². The lowest BCUT2D eigenvalue weighted by atomic mass is 10.3. The van der Waals surface area contributed by atoms with Gasteiger partial charge in [0.25, 0.3) is 0 Å². The fourth-order valence-electron chi connectivity index (χ4n) is 2.49. The quantitative estimate of drug-likeness (QED) is 0.671. The van der Waals surface area contributed by atoms with Crippen LogP contribution in [-0.2, 0) is 29.0 Å². The number of hydrogen-bond donors (Lipinski definition) is 0. The summed E-state index contributed by atoms with van der Waals surface area (Å²) in [6.45, 7) is 8.42. The molecular weight excluding hydrogens is 334 g/mol. The number of aryl methyl sites for hydroxylation is 2. The molecule has 0 N–H and O–H groups in total. The largest absolute Gasteiger partial charge is 0.465 e. The molecule has 21 heavy (non-hydrogen) atoms. The van der Waals surface area contributed by atoms with Crippen molar-refractivity contribution in [2.24, 2.45) is 0 Å². The summed E-state index contributed by atoms with van der Waals surface area (Å²) in [7, 11) is 0. The number of carbonyl (C=O) groups excluding carboxylic acids is 1. The molecule has 118 valence electrons. The van der Waals surface area contributed by atoms with Gasteiger partial charge in [-0.05, 0) is 49.0 Å². The molecule has 0 saturated heterocycles. The number of halogens is 1. The van der Waals surface area contributed by atoms with Gasteiger partial charge in [-0.2, -0.15) is 5.10 Å². The standard InChI is InChI=1S/C15H24BrN3O2/c1-4-12-15(16)13(19(5-2)17-12)9-18(11-7-8-11)10-14(20)21-6-3/h11H,4-10H2,1-3H3. The molecule has 1 aliphatic carbocycles. The Morgan fingerprint density at radius 2 is 2.14 bits per heavy atom. The van der Waals surface area contributed by atoms with Crippen molar-refractivity contribution < 1.29 is 9.53 Å². The highest BCUT2D eigenvalue weighted by molar-refractivity contribution is 9.10. The van der Waals surface area contributed by atoms with E-state index in [0.717, 1.165) is 48.2 Å². The molecule has 0 bridgehead atoms. The molecule has 5 nitrogen and oxygen atoms in total. The molecule has 0 aromatic carbocycles. The lowest BCUT2D eigenvalue weighted by molar-refractivity contribution is -0.144. The zero-order valence-corrected chi connectivity index (χ0v) is 14.6. The van der Waals surface area contributed by atoms with E-state index in [1.165, 1.54) is 0 Å². The van der Waals surface area contributed by atoms with E-state index in [-0.39, 0.29) is 5.97 Å². The van der Waals surface area contributed by atoms with Crippen LogP contribution in [0.5, 0.6) is 0 Å². The third-order valence-electron chi connectivity index (χ3n) is 3.75. The van der Waals surface area contributed by atoms with Crippen LogP contribution in [0.15, 0.2) is 4.47 Å². The molecule has 0 atom stereocenters. The summed E-state index contributed by atoms with van der Waals surface area (Å²) in [5, 5.41) is 4.62. The highest BCUT2D eigenvalue weighted by atomic mass is 79.9. The molecule has 2 rings (SSSR count). The van der Waals surface area contributed by atoms with Gasteiger partial charge in [0.1, 0.15) is 0 Å². The van der Waals surface area contributed by atoms with E-state index in [9.17, 15) is 4.79 Å². The van der Waals surface area contributed by atoms with E-state index >= 15 is 0 Å². The molecule has 0 radical (unpaired) electrons. The Morgan fingerprint density at radius 1 is 1.43 bits per heavy atom. The van der Waals surface area contributed by atoms with Crippen molar-refractivity contribution in [2.75, 3.05) is 13.2 Å². The minimum Gasteiger partial charge on any atom is -0.465 e. The van der Waals surface area contributed by atoms with Gasteiger partial charge >= 0.3 is 5.97 Å². The first-order chi connectivity index (χ1) is 10.1. The molecule has 0 aliphatic heterocycles. The van der Waals surface area contributed by atoms with Crippen molar-refractivity contribution >= 4 is 21.9 Å². The van der Waals surface area contributed by atoms with Crippen molar-refractivity contribution in [1.29, 1.82) is 0 Å². The molecule has 0 amide bonds. The maximum absolute atomic E-state index is 11.8. The van der Waals surface area contributed by atoms with Gasteiger partial charge in [-0.15, -0.1) is 0 Å². The predicted molar refractivity (Wildman–Crippen MR) is 85.0 cm³/mol. The lowest BCUT2D eigenvalue weighted by Gasteiger charge is -2.21. The monoisotopic (exact) mass is 357 g/mol. The molecular formula is C15H24BrN3O2. The van der Waals surface area contributed by atoms with Crippen LogP contribution < -0.4 is 0 Å². The first-order valence-electron chi connectivity index (χ1n) is 7.74. The van der Waals surface area contributed by atoms with Crippen molar-refractivity contribution in [3.63, 3.8) is 0 Å². The van der Waals surface area contributed by atoms with Crippen LogP contribution in [0.25, 0.3) is 0 Å². The number of ether oxygens (including phenoxy) is 1. The van der Waals surface area contributed by atoms with Crippen LogP contribution in [0.1, 0.15) is 45.0 Å². The van der Waals surface area contributed by atoms with Gasteiger partial charge in [0.2, 0.25) is 0 Å². The molecule has 1 aliphatic rings. The van der Waals surface area contributed by atoms with Gasteiger partial charge in [-0.25, -0.2) is 0 Å². The molecule has 0 unspecified atom stereocenters. The summed E-state index contributed by atoms with van der Waals surface area (Å²) in [5.74, 6) is -0.140. The van der Waals surface area contributed by atoms with E-state index in [0.29, 0.717) is 19.2 Å². The van der Waals surface area contributed by atoms with Crippen LogP contribution in [0.2, 0.25) is 0 Å². The van der Waals surface area contributed by atoms with Crippen molar-refractivity contribution in [2.45, 2.75) is 59.2 Å². The normalized spacial score (nSPS) is 14.7. The van der Waals surface area contributed by atoms with Crippen molar-refractivity contribution in [3.8, 4) is 0 Å². The molecule has 1 aromatic heterocycles. The second-order valence-electron chi connectivity index (χ2n) is 5.32. The van der Waals surface area contributed by atoms with Gasteiger partial charge in [0, 0.05) is 19.1 Å². The Kier molecular flexibility index (Phi) is 5.81. The van der Waals surface area contributed by atoms with Crippen molar-refractivity contribution in [3.05, 3.63) is 15.9 Å². The van der Waals surface area contributed by atoms with Gasteiger partial charge in [-0.1, -0.05) is 6.92 Å². The number of aromatic nitrogens is 2. The van der Waals surface area contributed by atoms with Gasteiger partial charge in [-0.3, -0.25) is 14.4 Å². The summed E-state index contributed by atoms with van der Waals surface area (Å²) < 4.78 is 8.20. The summed E-state index contributed by atoms with van der Waals surface area (Å²) in [6.07, 6.45) is 3.23. The highest BCUT2D eigenvalue weighted by Gasteiger charge is 2.32. The Morgan fingerprint density at radius 3 is 2.67 bits per heavy atom. The Hall–Kier alpha value is -0.880. The van der Waals surface area contributed by atoms with Crippen molar-refractivity contribution in [1.82, 2.24) is 14.7 Å². The van der Waals surface area contributed by atoms with E-state index in [2.05, 4.69) is 39.8 Å². The van der Waals surface area contributed by atoms with E-state index < -0.39 is 0 Å². The number of hydrogen-bond acceptors (Lipinski definition) is 4. The summed E-state index contributed by atoms with van der Waals surface area (Å²) in [4.78, 5) is 14.0. The molecule has 6 heteroatoms. The second-order valence-corrected chi connectivity index (χ2v) is 6.11. The Labute approximate surface area is 134 Å². The molecule has 1 fully saturated rings. The summed E-state index contributed by atoms with van der Waals surface area (Å²) >= 11 is 3.67. The first-order valence-corrected chi connectivity index (χ1v) is 8.53. The topological polar surface area (TPSA) is 47.4 Å². The van der Waals surface area contributed by atoms with Gasteiger partial charge in [0.15, 0.2) is 0 Å². The van der Waals surface area contributed by atoms with E-state index in [1.807, 2.05) is 11.6 Å². The minimum absolute atomic E-state index is 0.140. The number of nitrogens with zero attached hydrogens (tertiary/aromatic N) is 3. The average Bonchev–Trinajstić information content (AvgIpc) is 3.25. The lowest BCUT2D eigenvalue weighted by Crippen LogP contribution is -2.33. The number of carbonyl (C=O) groups is 1. The van der Waals surface area contributed by atoms with Gasteiger partial charge in [0.05, 0.1) is 29.0 Å². The average molecular weight is 358 g/mol. The van der Waals surface area contributed by atoms with Crippen LogP contribution in [-0.4, -0.2) is 39.8 Å². The molecule has 0 spiro atoms. The van der Waals surface area contributed by atoms with E-state index in [4.69, 9.17) is 4.74 Å². The fraction of sp³-hybridized carbons (Fsp3) is 0.733. The second kappa shape index (κ2) is 7.40. The van der Waals surface area contributed by atoms with Crippen LogP contribution in [0.4, 0.5) is 0 Å². The molecule has 1 saturated carbocycles. The molecule has 1 aromatic rings. The van der Waals surface area contributed by atoms with Crippen LogP contribution >= 0.6 is 15.9 Å².